The first-order chi connectivity index (χ1) is 10.6. The van der Waals surface area contributed by atoms with Crippen LogP contribution < -0.4 is 0 Å². The van der Waals surface area contributed by atoms with E-state index in [1.54, 1.807) is 0 Å². The van der Waals surface area contributed by atoms with Crippen molar-refractivity contribution in [3.8, 4) is 0 Å². The van der Waals surface area contributed by atoms with Crippen LogP contribution in [0.15, 0.2) is 42.0 Å². The molecule has 0 aliphatic carbocycles. The second-order valence-electron chi connectivity index (χ2n) is 6.36. The number of benzene rings is 1. The Kier molecular flexibility index (Phi) is 6.20. The van der Waals surface area contributed by atoms with Crippen LogP contribution in [0, 0.1) is 0 Å². The Hall–Kier alpha value is -1.61. The maximum absolute atomic E-state index is 12.6. The molecule has 1 aliphatic rings. The average molecular weight is 300 g/mol. The molecule has 1 fully saturated rings. The van der Waals surface area contributed by atoms with E-state index >= 15 is 0 Å². The minimum absolute atomic E-state index is 0.287. The summed E-state index contributed by atoms with van der Waals surface area (Å²) in [4.78, 5) is 17.0. The zero-order chi connectivity index (χ0) is 15.9. The van der Waals surface area contributed by atoms with Gasteiger partial charge in [0.15, 0.2) is 0 Å². The number of hydrogen-bond donors (Lipinski definition) is 0. The van der Waals surface area contributed by atoms with Crippen LogP contribution in [-0.4, -0.2) is 41.4 Å². The summed E-state index contributed by atoms with van der Waals surface area (Å²) in [5.41, 5.74) is 2.55. The molecular weight excluding hydrogens is 272 g/mol. The van der Waals surface area contributed by atoms with Crippen LogP contribution in [0.5, 0.6) is 0 Å². The zero-order valence-corrected chi connectivity index (χ0v) is 14.1. The fourth-order valence-electron chi connectivity index (χ4n) is 2.91. The van der Waals surface area contributed by atoms with E-state index in [-0.39, 0.29) is 5.91 Å². The third-order valence-corrected chi connectivity index (χ3v) is 4.30. The van der Waals surface area contributed by atoms with Crippen LogP contribution in [0.1, 0.15) is 39.2 Å². The van der Waals surface area contributed by atoms with E-state index in [1.165, 1.54) is 11.1 Å². The molecule has 0 aromatic heterocycles. The van der Waals surface area contributed by atoms with Crippen molar-refractivity contribution in [1.29, 1.82) is 0 Å². The molecule has 1 aromatic carbocycles. The van der Waals surface area contributed by atoms with Gasteiger partial charge >= 0.3 is 0 Å². The quantitative estimate of drug-likeness (QED) is 0.777. The normalized spacial score (nSPS) is 19.9. The van der Waals surface area contributed by atoms with Crippen molar-refractivity contribution in [3.05, 3.63) is 47.5 Å². The SMILES string of the molecule is CCC1CN(CC=C(C)C)CCC(=O)N1Cc1ccccc1. The lowest BCUT2D eigenvalue weighted by Crippen LogP contribution is -2.42. The molecule has 0 N–H and O–H groups in total. The molecule has 22 heavy (non-hydrogen) atoms. The van der Waals surface area contributed by atoms with E-state index in [1.807, 2.05) is 18.2 Å². The fourth-order valence-corrected chi connectivity index (χ4v) is 2.91. The predicted molar refractivity (Wildman–Crippen MR) is 91.6 cm³/mol. The van der Waals surface area contributed by atoms with Crippen LogP contribution in [0.4, 0.5) is 0 Å². The largest absolute Gasteiger partial charge is 0.334 e. The molecule has 120 valence electrons. The molecule has 1 aromatic rings. The number of hydrogen-bond acceptors (Lipinski definition) is 2. The van der Waals surface area contributed by atoms with Gasteiger partial charge in [0.2, 0.25) is 5.91 Å². The Morgan fingerprint density at radius 2 is 2.00 bits per heavy atom. The van der Waals surface area contributed by atoms with Crippen LogP contribution in [0.3, 0.4) is 0 Å². The molecule has 1 heterocycles. The van der Waals surface area contributed by atoms with Crippen molar-refractivity contribution >= 4 is 5.91 Å². The molecule has 1 amide bonds. The van der Waals surface area contributed by atoms with Gasteiger partial charge < -0.3 is 4.90 Å². The smallest absolute Gasteiger partial charge is 0.224 e. The van der Waals surface area contributed by atoms with Gasteiger partial charge in [-0.25, -0.2) is 0 Å². The van der Waals surface area contributed by atoms with E-state index in [9.17, 15) is 4.79 Å². The van der Waals surface area contributed by atoms with Crippen molar-refractivity contribution in [2.45, 2.75) is 46.2 Å². The summed E-state index contributed by atoms with van der Waals surface area (Å²) in [6.45, 7) is 9.95. The molecule has 3 nitrogen and oxygen atoms in total. The van der Waals surface area contributed by atoms with Gasteiger partial charge in [0.1, 0.15) is 0 Å². The summed E-state index contributed by atoms with van der Waals surface area (Å²) >= 11 is 0. The zero-order valence-electron chi connectivity index (χ0n) is 14.1. The number of allylic oxidation sites excluding steroid dienone is 1. The number of carbonyl (C=O) groups excluding carboxylic acids is 1. The van der Waals surface area contributed by atoms with Gasteiger partial charge in [0.05, 0.1) is 0 Å². The third kappa shape index (κ3) is 4.70. The van der Waals surface area contributed by atoms with Gasteiger partial charge in [-0.1, -0.05) is 48.9 Å². The first kappa shape index (κ1) is 16.8. The number of nitrogens with zero attached hydrogens (tertiary/aromatic N) is 2. The average Bonchev–Trinajstić information content (AvgIpc) is 2.67. The van der Waals surface area contributed by atoms with Crippen molar-refractivity contribution in [3.63, 3.8) is 0 Å². The molecule has 2 rings (SSSR count). The number of amides is 1. The highest BCUT2D eigenvalue weighted by Gasteiger charge is 2.28. The van der Waals surface area contributed by atoms with Crippen molar-refractivity contribution < 1.29 is 4.79 Å². The van der Waals surface area contributed by atoms with E-state index in [0.717, 1.165) is 32.6 Å². The Bertz CT molecular complexity index is 505. The summed E-state index contributed by atoms with van der Waals surface area (Å²) in [5, 5.41) is 0. The molecule has 1 saturated heterocycles. The maximum Gasteiger partial charge on any atom is 0.224 e. The molecule has 0 spiro atoms. The Morgan fingerprint density at radius 3 is 2.64 bits per heavy atom. The lowest BCUT2D eigenvalue weighted by molar-refractivity contribution is -0.133. The Labute approximate surface area is 134 Å². The molecule has 0 saturated carbocycles. The monoisotopic (exact) mass is 300 g/mol. The minimum atomic E-state index is 0.287. The van der Waals surface area contributed by atoms with Crippen LogP contribution in [-0.2, 0) is 11.3 Å². The first-order valence-electron chi connectivity index (χ1n) is 8.29. The molecule has 0 bridgehead atoms. The van der Waals surface area contributed by atoms with Crippen molar-refractivity contribution in [2.24, 2.45) is 0 Å². The highest BCUT2D eigenvalue weighted by molar-refractivity contribution is 5.77. The van der Waals surface area contributed by atoms with Gasteiger partial charge in [-0.2, -0.15) is 0 Å². The number of rotatable bonds is 5. The molecule has 1 aliphatic heterocycles. The summed E-state index contributed by atoms with van der Waals surface area (Å²) in [7, 11) is 0. The maximum atomic E-state index is 12.6. The highest BCUT2D eigenvalue weighted by Crippen LogP contribution is 2.17. The topological polar surface area (TPSA) is 23.6 Å². The highest BCUT2D eigenvalue weighted by atomic mass is 16.2. The fraction of sp³-hybridized carbons (Fsp3) is 0.526. The van der Waals surface area contributed by atoms with Crippen LogP contribution >= 0.6 is 0 Å². The van der Waals surface area contributed by atoms with E-state index < -0.39 is 0 Å². The Balaban J connectivity index is 2.08. The molecule has 1 unspecified atom stereocenters. The summed E-state index contributed by atoms with van der Waals surface area (Å²) in [6, 6.07) is 10.6. The van der Waals surface area contributed by atoms with Crippen LogP contribution in [0.2, 0.25) is 0 Å². The van der Waals surface area contributed by atoms with Gasteiger partial charge in [-0.3, -0.25) is 9.69 Å². The van der Waals surface area contributed by atoms with Gasteiger partial charge in [0.25, 0.3) is 0 Å². The van der Waals surface area contributed by atoms with Crippen molar-refractivity contribution in [1.82, 2.24) is 9.80 Å². The van der Waals surface area contributed by atoms with E-state index in [2.05, 4.69) is 48.8 Å². The van der Waals surface area contributed by atoms with Crippen molar-refractivity contribution in [2.75, 3.05) is 19.6 Å². The molecule has 3 heteroatoms. The summed E-state index contributed by atoms with van der Waals surface area (Å²) in [5.74, 6) is 0.287. The van der Waals surface area contributed by atoms with Gasteiger partial charge in [0, 0.05) is 38.6 Å². The van der Waals surface area contributed by atoms with E-state index in [0.29, 0.717) is 12.5 Å². The lowest BCUT2D eigenvalue weighted by atomic mass is 10.1. The second-order valence-corrected chi connectivity index (χ2v) is 6.36. The number of carbonyl (C=O) groups is 1. The lowest BCUT2D eigenvalue weighted by Gasteiger charge is -2.31. The summed E-state index contributed by atoms with van der Waals surface area (Å²) < 4.78 is 0. The Morgan fingerprint density at radius 1 is 1.27 bits per heavy atom. The standard InChI is InChI=1S/C19H28N2O/c1-4-18-15-20(12-10-16(2)3)13-11-19(22)21(18)14-17-8-6-5-7-9-17/h5-10,18H,4,11-15H2,1-3H3. The molecule has 0 radical (unpaired) electrons. The summed E-state index contributed by atoms with van der Waals surface area (Å²) in [6.07, 6.45) is 3.88. The first-order valence-corrected chi connectivity index (χ1v) is 8.29. The van der Waals surface area contributed by atoms with E-state index in [4.69, 9.17) is 0 Å². The predicted octanol–water partition coefficient (Wildman–Crippen LogP) is 3.47. The second kappa shape index (κ2) is 8.14. The van der Waals surface area contributed by atoms with Gasteiger partial charge in [-0.15, -0.1) is 0 Å². The molecule has 1 atom stereocenters. The third-order valence-electron chi connectivity index (χ3n) is 4.30. The van der Waals surface area contributed by atoms with Crippen LogP contribution in [0.25, 0.3) is 0 Å². The molecular formula is C19H28N2O. The van der Waals surface area contributed by atoms with Gasteiger partial charge in [-0.05, 0) is 25.8 Å². The minimum Gasteiger partial charge on any atom is -0.334 e.